The van der Waals surface area contributed by atoms with Crippen LogP contribution >= 0.6 is 23.4 Å². The van der Waals surface area contributed by atoms with Crippen LogP contribution in [0.25, 0.3) is 0 Å². The molecule has 0 aliphatic carbocycles. The quantitative estimate of drug-likeness (QED) is 0.777. The van der Waals surface area contributed by atoms with Gasteiger partial charge in [-0.1, -0.05) is 11.6 Å². The first-order valence-electron chi connectivity index (χ1n) is 7.72. The van der Waals surface area contributed by atoms with Crippen molar-refractivity contribution in [3.63, 3.8) is 0 Å². The van der Waals surface area contributed by atoms with Gasteiger partial charge >= 0.3 is 6.03 Å². The van der Waals surface area contributed by atoms with Crippen molar-refractivity contribution in [2.24, 2.45) is 0 Å². The fraction of sp³-hybridized carbons (Fsp3) is 0.438. The summed E-state index contributed by atoms with van der Waals surface area (Å²) in [6, 6.07) is 2.76. The number of urea groups is 1. The minimum atomic E-state index is -0.851. The third-order valence-electron chi connectivity index (χ3n) is 4.32. The molecule has 0 saturated carbocycles. The molecule has 0 bridgehead atoms. The SMILES string of the molecule is COc1cc(Cl)c(C)cc1NC(=O)CN1C(=O)NC2(CCSC2)C1=O. The molecule has 2 N–H and O–H groups in total. The van der Waals surface area contributed by atoms with Crippen LogP contribution in [0, 0.1) is 6.92 Å². The molecule has 0 aromatic heterocycles. The Morgan fingerprint density at radius 2 is 2.24 bits per heavy atom. The van der Waals surface area contributed by atoms with E-state index in [9.17, 15) is 14.4 Å². The highest BCUT2D eigenvalue weighted by Crippen LogP contribution is 2.34. The van der Waals surface area contributed by atoms with Gasteiger partial charge in [0.15, 0.2) is 0 Å². The molecule has 1 spiro atoms. The van der Waals surface area contributed by atoms with Crippen molar-refractivity contribution in [2.75, 3.05) is 30.5 Å². The minimum absolute atomic E-state index is 0.336. The first kappa shape index (κ1) is 17.9. The summed E-state index contributed by atoms with van der Waals surface area (Å²) in [6.07, 6.45) is 0.588. The first-order valence-corrected chi connectivity index (χ1v) is 9.25. The lowest BCUT2D eigenvalue weighted by Gasteiger charge is -2.19. The molecule has 2 heterocycles. The number of hydrogen-bond acceptors (Lipinski definition) is 5. The monoisotopic (exact) mass is 383 g/mol. The van der Waals surface area contributed by atoms with Crippen LogP contribution in [0.15, 0.2) is 12.1 Å². The summed E-state index contributed by atoms with van der Waals surface area (Å²) in [5, 5.41) is 5.92. The average molecular weight is 384 g/mol. The van der Waals surface area contributed by atoms with Crippen LogP contribution in [0.3, 0.4) is 0 Å². The van der Waals surface area contributed by atoms with Gasteiger partial charge in [0.2, 0.25) is 5.91 Å². The number of ether oxygens (including phenoxy) is 1. The Hall–Kier alpha value is -1.93. The molecule has 1 unspecified atom stereocenters. The molecular formula is C16H18ClN3O4S. The highest BCUT2D eigenvalue weighted by Gasteiger charge is 2.53. The van der Waals surface area contributed by atoms with Gasteiger partial charge in [-0.2, -0.15) is 11.8 Å². The second kappa shape index (κ2) is 6.76. The standard InChI is InChI=1S/C16H18ClN3O4S/c1-9-5-11(12(24-2)6-10(9)17)18-13(21)7-20-14(22)16(19-15(20)23)3-4-25-8-16/h5-6H,3-4,7-8H2,1-2H3,(H,18,21)(H,19,23). The predicted octanol–water partition coefficient (Wildman–Crippen LogP) is 2.02. The average Bonchev–Trinajstić information content (AvgIpc) is 3.12. The minimum Gasteiger partial charge on any atom is -0.495 e. The normalized spacial score (nSPS) is 22.4. The van der Waals surface area contributed by atoms with Crippen LogP contribution in [-0.2, 0) is 9.59 Å². The van der Waals surface area contributed by atoms with E-state index in [1.807, 2.05) is 0 Å². The lowest BCUT2D eigenvalue weighted by Crippen LogP contribution is -2.47. The second-order valence-electron chi connectivity index (χ2n) is 6.06. The molecule has 1 aromatic carbocycles. The number of rotatable bonds is 4. The van der Waals surface area contributed by atoms with Gasteiger partial charge in [-0.3, -0.25) is 14.5 Å². The number of methoxy groups -OCH3 is 1. The Morgan fingerprint density at radius 3 is 2.88 bits per heavy atom. The van der Waals surface area contributed by atoms with E-state index in [-0.39, 0.29) is 12.5 Å². The number of nitrogens with one attached hydrogen (secondary N) is 2. The third-order valence-corrected chi connectivity index (χ3v) is 5.92. The Kier molecular flexibility index (Phi) is 4.83. The van der Waals surface area contributed by atoms with Gasteiger partial charge < -0.3 is 15.4 Å². The summed E-state index contributed by atoms with van der Waals surface area (Å²) < 4.78 is 5.21. The summed E-state index contributed by atoms with van der Waals surface area (Å²) in [7, 11) is 1.47. The number of amides is 4. The van der Waals surface area contributed by atoms with Gasteiger partial charge in [0.05, 0.1) is 12.8 Å². The number of benzene rings is 1. The van der Waals surface area contributed by atoms with Gasteiger partial charge in [-0.05, 0) is 30.7 Å². The van der Waals surface area contributed by atoms with Crippen molar-refractivity contribution >= 4 is 46.9 Å². The molecule has 0 radical (unpaired) electrons. The number of nitrogens with zero attached hydrogens (tertiary/aromatic N) is 1. The van der Waals surface area contributed by atoms with Gasteiger partial charge in [-0.15, -0.1) is 0 Å². The Labute approximate surface area is 154 Å². The number of carbonyl (C=O) groups excluding carboxylic acids is 3. The third kappa shape index (κ3) is 3.28. The molecule has 1 atom stereocenters. The van der Waals surface area contributed by atoms with E-state index >= 15 is 0 Å². The molecule has 2 saturated heterocycles. The van der Waals surface area contributed by atoms with Crippen LogP contribution in [0.5, 0.6) is 5.75 Å². The van der Waals surface area contributed by atoms with Crippen LogP contribution in [0.4, 0.5) is 10.5 Å². The largest absolute Gasteiger partial charge is 0.495 e. The molecule has 2 aliphatic rings. The van der Waals surface area contributed by atoms with Gasteiger partial charge in [0, 0.05) is 16.8 Å². The molecule has 2 aliphatic heterocycles. The topological polar surface area (TPSA) is 87.7 Å². The lowest BCUT2D eigenvalue weighted by atomic mass is 9.99. The van der Waals surface area contributed by atoms with Crippen molar-refractivity contribution in [1.29, 1.82) is 0 Å². The summed E-state index contributed by atoms with van der Waals surface area (Å²) in [5.41, 5.74) is 0.360. The van der Waals surface area contributed by atoms with E-state index in [0.717, 1.165) is 16.2 Å². The smallest absolute Gasteiger partial charge is 0.325 e. The van der Waals surface area contributed by atoms with Crippen molar-refractivity contribution < 1.29 is 19.1 Å². The van der Waals surface area contributed by atoms with E-state index < -0.39 is 17.5 Å². The number of anilines is 1. The van der Waals surface area contributed by atoms with Gasteiger partial charge in [0.25, 0.3) is 5.91 Å². The number of carbonyl (C=O) groups is 3. The van der Waals surface area contributed by atoms with Gasteiger partial charge in [-0.25, -0.2) is 4.79 Å². The van der Waals surface area contributed by atoms with Crippen molar-refractivity contribution in [1.82, 2.24) is 10.2 Å². The molecule has 134 valence electrons. The van der Waals surface area contributed by atoms with E-state index in [1.54, 1.807) is 30.8 Å². The zero-order valence-electron chi connectivity index (χ0n) is 13.8. The first-order chi connectivity index (χ1) is 11.9. The van der Waals surface area contributed by atoms with Crippen LogP contribution in [0.1, 0.15) is 12.0 Å². The summed E-state index contributed by atoms with van der Waals surface area (Å²) >= 11 is 7.66. The summed E-state index contributed by atoms with van der Waals surface area (Å²) in [6.45, 7) is 1.46. The zero-order chi connectivity index (χ0) is 18.2. The number of thioether (sulfide) groups is 1. The molecule has 25 heavy (non-hydrogen) atoms. The molecule has 2 fully saturated rings. The molecule has 9 heteroatoms. The maximum absolute atomic E-state index is 12.6. The maximum atomic E-state index is 12.6. The van der Waals surface area contributed by atoms with Gasteiger partial charge in [0.1, 0.15) is 17.8 Å². The van der Waals surface area contributed by atoms with E-state index in [4.69, 9.17) is 16.3 Å². The van der Waals surface area contributed by atoms with Crippen LogP contribution in [0.2, 0.25) is 5.02 Å². The van der Waals surface area contributed by atoms with E-state index in [2.05, 4.69) is 10.6 Å². The molecule has 7 nitrogen and oxygen atoms in total. The van der Waals surface area contributed by atoms with Crippen LogP contribution < -0.4 is 15.4 Å². The molecule has 4 amide bonds. The Balaban J connectivity index is 1.72. The van der Waals surface area contributed by atoms with Crippen LogP contribution in [-0.4, -0.2) is 53.4 Å². The number of halogens is 1. The van der Waals surface area contributed by atoms with Crippen molar-refractivity contribution in [2.45, 2.75) is 18.9 Å². The molecular weight excluding hydrogens is 366 g/mol. The summed E-state index contributed by atoms with van der Waals surface area (Å²) in [5.74, 6) is 0.945. The fourth-order valence-corrected chi connectivity index (χ4v) is 4.39. The van der Waals surface area contributed by atoms with Crippen molar-refractivity contribution in [3.8, 4) is 5.75 Å². The van der Waals surface area contributed by atoms with E-state index in [1.165, 1.54) is 7.11 Å². The lowest BCUT2D eigenvalue weighted by molar-refractivity contribution is -0.133. The van der Waals surface area contributed by atoms with E-state index in [0.29, 0.717) is 28.6 Å². The zero-order valence-corrected chi connectivity index (χ0v) is 15.4. The Bertz CT molecular complexity index is 749. The molecule has 3 rings (SSSR count). The Morgan fingerprint density at radius 1 is 1.48 bits per heavy atom. The predicted molar refractivity (Wildman–Crippen MR) is 96.3 cm³/mol. The van der Waals surface area contributed by atoms with Crippen molar-refractivity contribution in [3.05, 3.63) is 22.7 Å². The highest BCUT2D eigenvalue weighted by atomic mass is 35.5. The summed E-state index contributed by atoms with van der Waals surface area (Å²) in [4.78, 5) is 38.0. The number of imide groups is 1. The second-order valence-corrected chi connectivity index (χ2v) is 7.57. The fourth-order valence-electron chi connectivity index (χ4n) is 2.92. The molecule has 1 aromatic rings. The number of hydrogen-bond donors (Lipinski definition) is 2. The maximum Gasteiger partial charge on any atom is 0.325 e. The number of aryl methyl sites for hydroxylation is 1. The highest BCUT2D eigenvalue weighted by molar-refractivity contribution is 7.99.